The van der Waals surface area contributed by atoms with Crippen molar-refractivity contribution in [2.45, 2.75) is 39.2 Å². The highest BCUT2D eigenvalue weighted by Gasteiger charge is 2.20. The van der Waals surface area contributed by atoms with Crippen LogP contribution in [0.5, 0.6) is 0 Å². The van der Waals surface area contributed by atoms with Crippen molar-refractivity contribution in [3.63, 3.8) is 0 Å². The number of para-hydroxylation sites is 1. The molecule has 0 N–H and O–H groups in total. The largest absolute Gasteiger partial charge is 0.325 e. The summed E-state index contributed by atoms with van der Waals surface area (Å²) in [6, 6.07) is 18.0. The van der Waals surface area contributed by atoms with Crippen molar-refractivity contribution in [2.24, 2.45) is 0 Å². The fourth-order valence-corrected chi connectivity index (χ4v) is 4.19. The Kier molecular flexibility index (Phi) is 5.45. The van der Waals surface area contributed by atoms with Crippen LogP contribution in [0.15, 0.2) is 54.6 Å². The van der Waals surface area contributed by atoms with E-state index in [0.717, 1.165) is 46.8 Å². The summed E-state index contributed by atoms with van der Waals surface area (Å²) in [5.74, 6) is 0. The highest BCUT2D eigenvalue weighted by atomic mass is 35.5. The Labute approximate surface area is 170 Å². The molecule has 2 heterocycles. The number of hydrogen-bond acceptors (Lipinski definition) is 2. The Morgan fingerprint density at radius 1 is 1.00 bits per heavy atom. The fraction of sp³-hybridized carbons (Fsp3) is 0.250. The molecule has 0 atom stereocenters. The second-order valence-electron chi connectivity index (χ2n) is 7.10. The number of halogens is 1. The van der Waals surface area contributed by atoms with Crippen LogP contribution < -0.4 is 0 Å². The molecule has 2 aromatic carbocycles. The molecule has 4 rings (SSSR count). The number of hydrogen-bond donors (Lipinski definition) is 0. The summed E-state index contributed by atoms with van der Waals surface area (Å²) in [5, 5.41) is 2.41. The van der Waals surface area contributed by atoms with Crippen molar-refractivity contribution in [3.05, 3.63) is 65.2 Å². The number of benzene rings is 2. The van der Waals surface area contributed by atoms with Gasteiger partial charge in [0.2, 0.25) is 0 Å². The molecule has 0 aliphatic rings. The van der Waals surface area contributed by atoms with Crippen LogP contribution in [0.4, 0.5) is 0 Å². The minimum atomic E-state index is 0.453. The smallest absolute Gasteiger partial charge is 0.153 e. The van der Waals surface area contributed by atoms with E-state index in [1.54, 1.807) is 0 Å². The summed E-state index contributed by atoms with van der Waals surface area (Å²) in [6.07, 6.45) is 5.55. The predicted octanol–water partition coefficient (Wildman–Crippen LogP) is 6.90. The second kappa shape index (κ2) is 8.15. The molecule has 4 aromatic rings. The molecule has 0 saturated heterocycles. The Hall–Kier alpha value is -2.65. The SMILES string of the molecule is CCCCCCn1c2ccccc2c2c(Cl)c(C=O)c(-c3ccccc3)nc21. The summed E-state index contributed by atoms with van der Waals surface area (Å²) in [4.78, 5) is 16.9. The van der Waals surface area contributed by atoms with E-state index < -0.39 is 0 Å². The molecule has 2 aromatic heterocycles. The van der Waals surface area contributed by atoms with E-state index in [4.69, 9.17) is 16.6 Å². The lowest BCUT2D eigenvalue weighted by Gasteiger charge is -2.10. The van der Waals surface area contributed by atoms with Crippen LogP contribution in [0, 0.1) is 0 Å². The quantitative estimate of drug-likeness (QED) is 0.254. The van der Waals surface area contributed by atoms with Gasteiger partial charge in [-0.15, -0.1) is 0 Å². The van der Waals surface area contributed by atoms with Gasteiger partial charge in [-0.25, -0.2) is 4.98 Å². The van der Waals surface area contributed by atoms with Gasteiger partial charge in [-0.3, -0.25) is 4.79 Å². The monoisotopic (exact) mass is 390 g/mol. The van der Waals surface area contributed by atoms with Gasteiger partial charge in [-0.1, -0.05) is 86.3 Å². The van der Waals surface area contributed by atoms with E-state index in [1.807, 2.05) is 42.5 Å². The standard InChI is InChI=1S/C24H23ClN2O/c1-2-3-4-10-15-27-20-14-9-8-13-18(20)21-22(25)19(16-28)23(26-24(21)27)17-11-6-5-7-12-17/h5-9,11-14,16H,2-4,10,15H2,1H3. The highest BCUT2D eigenvalue weighted by molar-refractivity contribution is 6.40. The molecule has 0 bridgehead atoms. The summed E-state index contributed by atoms with van der Waals surface area (Å²) >= 11 is 6.79. The summed E-state index contributed by atoms with van der Waals surface area (Å²) < 4.78 is 2.26. The maximum absolute atomic E-state index is 11.9. The number of unbranched alkanes of at least 4 members (excludes halogenated alkanes) is 3. The number of pyridine rings is 1. The molecular formula is C24H23ClN2O. The summed E-state index contributed by atoms with van der Waals surface area (Å²) in [7, 11) is 0. The van der Waals surface area contributed by atoms with Gasteiger partial charge in [0, 0.05) is 22.9 Å². The zero-order valence-electron chi connectivity index (χ0n) is 16.0. The van der Waals surface area contributed by atoms with Gasteiger partial charge in [-0.05, 0) is 12.5 Å². The van der Waals surface area contributed by atoms with Gasteiger partial charge >= 0.3 is 0 Å². The first-order valence-corrected chi connectivity index (χ1v) is 10.2. The fourth-order valence-electron chi connectivity index (χ4n) is 3.87. The first-order valence-electron chi connectivity index (χ1n) is 9.87. The van der Waals surface area contributed by atoms with Crippen LogP contribution >= 0.6 is 11.6 Å². The first-order chi connectivity index (χ1) is 13.8. The van der Waals surface area contributed by atoms with Crippen LogP contribution in [0.1, 0.15) is 43.0 Å². The average Bonchev–Trinajstić information content (AvgIpc) is 3.05. The third-order valence-corrected chi connectivity index (χ3v) is 5.67. The number of carbonyl (C=O) groups excluding carboxylic acids is 1. The van der Waals surface area contributed by atoms with E-state index in [1.165, 1.54) is 19.3 Å². The van der Waals surface area contributed by atoms with E-state index in [0.29, 0.717) is 16.3 Å². The molecule has 142 valence electrons. The molecule has 0 saturated carbocycles. The van der Waals surface area contributed by atoms with Gasteiger partial charge in [0.25, 0.3) is 0 Å². The zero-order chi connectivity index (χ0) is 19.5. The third-order valence-electron chi connectivity index (χ3n) is 5.27. The minimum Gasteiger partial charge on any atom is -0.325 e. The van der Waals surface area contributed by atoms with Gasteiger partial charge in [0.15, 0.2) is 6.29 Å². The van der Waals surface area contributed by atoms with Crippen molar-refractivity contribution < 1.29 is 4.79 Å². The minimum absolute atomic E-state index is 0.453. The number of nitrogens with zero attached hydrogens (tertiary/aromatic N) is 2. The molecule has 0 fully saturated rings. The average molecular weight is 391 g/mol. The Bertz CT molecular complexity index is 1130. The molecule has 0 spiro atoms. The molecule has 28 heavy (non-hydrogen) atoms. The van der Waals surface area contributed by atoms with Gasteiger partial charge in [0.05, 0.1) is 21.8 Å². The maximum Gasteiger partial charge on any atom is 0.153 e. The number of carbonyl (C=O) groups is 1. The maximum atomic E-state index is 11.9. The molecule has 0 unspecified atom stereocenters. The lowest BCUT2D eigenvalue weighted by molar-refractivity contribution is 0.112. The van der Waals surface area contributed by atoms with E-state index >= 15 is 0 Å². The number of fused-ring (bicyclic) bond motifs is 3. The molecule has 4 heteroatoms. The molecular weight excluding hydrogens is 368 g/mol. The van der Waals surface area contributed by atoms with E-state index in [-0.39, 0.29) is 0 Å². The predicted molar refractivity (Wildman–Crippen MR) is 117 cm³/mol. The Morgan fingerprint density at radius 2 is 1.75 bits per heavy atom. The first kappa shape index (κ1) is 18.7. The topological polar surface area (TPSA) is 34.9 Å². The summed E-state index contributed by atoms with van der Waals surface area (Å²) in [6.45, 7) is 3.11. The number of aromatic nitrogens is 2. The van der Waals surface area contributed by atoms with Crippen LogP contribution in [-0.4, -0.2) is 15.8 Å². The van der Waals surface area contributed by atoms with Crippen LogP contribution in [-0.2, 0) is 6.54 Å². The second-order valence-corrected chi connectivity index (χ2v) is 7.48. The van der Waals surface area contributed by atoms with Crippen molar-refractivity contribution in [1.29, 1.82) is 0 Å². The van der Waals surface area contributed by atoms with Crippen LogP contribution in [0.2, 0.25) is 5.02 Å². The summed E-state index contributed by atoms with van der Waals surface area (Å²) in [5.41, 5.74) is 3.97. The Morgan fingerprint density at radius 3 is 2.50 bits per heavy atom. The molecule has 0 aliphatic carbocycles. The molecule has 0 amide bonds. The lowest BCUT2D eigenvalue weighted by Crippen LogP contribution is -2.02. The van der Waals surface area contributed by atoms with Crippen molar-refractivity contribution >= 4 is 39.8 Å². The number of aldehydes is 1. The molecule has 3 nitrogen and oxygen atoms in total. The van der Waals surface area contributed by atoms with Crippen LogP contribution in [0.25, 0.3) is 33.2 Å². The van der Waals surface area contributed by atoms with Crippen LogP contribution in [0.3, 0.4) is 0 Å². The van der Waals surface area contributed by atoms with Crippen molar-refractivity contribution in [2.75, 3.05) is 0 Å². The zero-order valence-corrected chi connectivity index (χ0v) is 16.7. The number of rotatable bonds is 7. The highest BCUT2D eigenvalue weighted by Crippen LogP contribution is 2.38. The van der Waals surface area contributed by atoms with Crippen molar-refractivity contribution in [3.8, 4) is 11.3 Å². The van der Waals surface area contributed by atoms with Gasteiger partial charge in [0.1, 0.15) is 5.65 Å². The van der Waals surface area contributed by atoms with Crippen molar-refractivity contribution in [1.82, 2.24) is 9.55 Å². The molecule has 0 aliphatic heterocycles. The lowest BCUT2D eigenvalue weighted by atomic mass is 10.0. The molecule has 0 radical (unpaired) electrons. The van der Waals surface area contributed by atoms with E-state index in [2.05, 4.69) is 23.6 Å². The van der Waals surface area contributed by atoms with E-state index in [9.17, 15) is 4.79 Å². The Balaban J connectivity index is 1.99. The van der Waals surface area contributed by atoms with Gasteiger partial charge < -0.3 is 4.57 Å². The third kappa shape index (κ3) is 3.20. The normalized spacial score (nSPS) is 11.4. The van der Waals surface area contributed by atoms with Gasteiger partial charge in [-0.2, -0.15) is 0 Å². The number of aryl methyl sites for hydroxylation is 1.